The van der Waals surface area contributed by atoms with E-state index in [0.29, 0.717) is 18.9 Å². The van der Waals surface area contributed by atoms with Gasteiger partial charge < -0.3 is 9.64 Å². The molecule has 27 heavy (non-hydrogen) atoms. The van der Waals surface area contributed by atoms with Gasteiger partial charge >= 0.3 is 0 Å². The fourth-order valence-corrected chi connectivity index (χ4v) is 4.23. The second kappa shape index (κ2) is 7.71. The van der Waals surface area contributed by atoms with Gasteiger partial charge in [-0.2, -0.15) is 5.10 Å². The highest BCUT2D eigenvalue weighted by Gasteiger charge is 2.30. The van der Waals surface area contributed by atoms with Crippen molar-refractivity contribution in [2.75, 3.05) is 19.7 Å². The minimum absolute atomic E-state index is 0.0969. The molecule has 2 aromatic rings. The lowest BCUT2D eigenvalue weighted by Gasteiger charge is -2.33. The molecule has 0 saturated carbocycles. The molecule has 1 atom stereocenters. The number of hydrogen-bond donors (Lipinski definition) is 0. The third-order valence-corrected chi connectivity index (χ3v) is 5.63. The minimum Gasteiger partial charge on any atom is -0.493 e. The number of halogens is 1. The van der Waals surface area contributed by atoms with Gasteiger partial charge in [0.2, 0.25) is 0 Å². The standard InChI is InChI=1S/C21H26FN3O2/c1-24-20(18-6-2-3-7-19(18)23-24)21(26)25-12-4-5-15(13-25)14-27-17-10-8-16(22)9-11-17/h8-11,15H,2-7,12-14H2,1H3/t15-/m1/s1. The zero-order valence-corrected chi connectivity index (χ0v) is 15.8. The lowest BCUT2D eigenvalue weighted by atomic mass is 9.94. The Morgan fingerprint density at radius 1 is 1.22 bits per heavy atom. The Labute approximate surface area is 159 Å². The molecule has 1 aliphatic heterocycles. The highest BCUT2D eigenvalue weighted by Crippen LogP contribution is 2.26. The number of rotatable bonds is 4. The fraction of sp³-hybridized carbons (Fsp3) is 0.524. The molecule has 0 bridgehead atoms. The summed E-state index contributed by atoms with van der Waals surface area (Å²) in [6.07, 6.45) is 6.23. The van der Waals surface area contributed by atoms with E-state index in [9.17, 15) is 9.18 Å². The van der Waals surface area contributed by atoms with Crippen molar-refractivity contribution in [2.45, 2.75) is 38.5 Å². The van der Waals surface area contributed by atoms with Gasteiger partial charge in [-0.05, 0) is 62.8 Å². The van der Waals surface area contributed by atoms with Gasteiger partial charge in [-0.3, -0.25) is 9.48 Å². The Balaban J connectivity index is 1.41. The highest BCUT2D eigenvalue weighted by atomic mass is 19.1. The number of carbonyl (C=O) groups excluding carboxylic acids is 1. The lowest BCUT2D eigenvalue weighted by Crippen LogP contribution is -2.42. The molecular weight excluding hydrogens is 345 g/mol. The van der Waals surface area contributed by atoms with Crippen molar-refractivity contribution in [3.05, 3.63) is 47.0 Å². The zero-order valence-electron chi connectivity index (χ0n) is 15.8. The fourth-order valence-electron chi connectivity index (χ4n) is 4.23. The van der Waals surface area contributed by atoms with Crippen LogP contribution in [0.1, 0.15) is 47.4 Å². The number of ether oxygens (including phenoxy) is 1. The van der Waals surface area contributed by atoms with Crippen molar-refractivity contribution in [2.24, 2.45) is 13.0 Å². The molecule has 1 saturated heterocycles. The molecule has 2 aliphatic rings. The van der Waals surface area contributed by atoms with Crippen LogP contribution in [0.15, 0.2) is 24.3 Å². The third kappa shape index (κ3) is 3.84. The molecule has 5 nitrogen and oxygen atoms in total. The largest absolute Gasteiger partial charge is 0.493 e. The van der Waals surface area contributed by atoms with Crippen molar-refractivity contribution in [1.82, 2.24) is 14.7 Å². The number of piperidine rings is 1. The van der Waals surface area contributed by atoms with Crippen LogP contribution in [0.5, 0.6) is 5.75 Å². The van der Waals surface area contributed by atoms with Crippen molar-refractivity contribution in [3.8, 4) is 5.75 Å². The number of benzene rings is 1. The van der Waals surface area contributed by atoms with Gasteiger partial charge in [0.25, 0.3) is 5.91 Å². The second-order valence-electron chi connectivity index (χ2n) is 7.63. The van der Waals surface area contributed by atoms with E-state index in [0.717, 1.165) is 62.0 Å². The van der Waals surface area contributed by atoms with Crippen LogP contribution in [-0.2, 0) is 19.9 Å². The molecule has 0 spiro atoms. The number of aromatic nitrogens is 2. The molecule has 0 radical (unpaired) electrons. The van der Waals surface area contributed by atoms with E-state index in [1.54, 1.807) is 16.8 Å². The lowest BCUT2D eigenvalue weighted by molar-refractivity contribution is 0.0621. The number of amides is 1. The van der Waals surface area contributed by atoms with Gasteiger partial charge in [-0.25, -0.2) is 4.39 Å². The molecule has 2 heterocycles. The van der Waals surface area contributed by atoms with Gasteiger partial charge in [0.1, 0.15) is 17.3 Å². The van der Waals surface area contributed by atoms with Crippen LogP contribution < -0.4 is 4.74 Å². The second-order valence-corrected chi connectivity index (χ2v) is 7.63. The van der Waals surface area contributed by atoms with Crippen molar-refractivity contribution < 1.29 is 13.9 Å². The molecule has 1 fully saturated rings. The Kier molecular flexibility index (Phi) is 5.14. The van der Waals surface area contributed by atoms with Crippen LogP contribution in [0.4, 0.5) is 4.39 Å². The van der Waals surface area contributed by atoms with Crippen LogP contribution in [0.2, 0.25) is 0 Å². The monoisotopic (exact) mass is 371 g/mol. The Hall–Kier alpha value is -2.37. The maximum Gasteiger partial charge on any atom is 0.272 e. The highest BCUT2D eigenvalue weighted by molar-refractivity contribution is 5.94. The topological polar surface area (TPSA) is 47.4 Å². The summed E-state index contributed by atoms with van der Waals surface area (Å²) in [5, 5.41) is 4.58. The molecular formula is C21H26FN3O2. The first kappa shape index (κ1) is 18.0. The van der Waals surface area contributed by atoms with Crippen molar-refractivity contribution in [1.29, 1.82) is 0 Å². The first-order chi connectivity index (χ1) is 13.1. The van der Waals surface area contributed by atoms with Crippen LogP contribution in [0.3, 0.4) is 0 Å². The van der Waals surface area contributed by atoms with E-state index in [1.165, 1.54) is 12.1 Å². The smallest absolute Gasteiger partial charge is 0.272 e. The Bertz CT molecular complexity index is 816. The summed E-state index contributed by atoms with van der Waals surface area (Å²) in [6.45, 7) is 2.02. The average molecular weight is 371 g/mol. The average Bonchev–Trinajstić information content (AvgIpc) is 3.03. The van der Waals surface area contributed by atoms with E-state index in [1.807, 2.05) is 11.9 Å². The van der Waals surface area contributed by atoms with Crippen molar-refractivity contribution in [3.63, 3.8) is 0 Å². The van der Waals surface area contributed by atoms with E-state index < -0.39 is 0 Å². The first-order valence-corrected chi connectivity index (χ1v) is 9.84. The van der Waals surface area contributed by atoms with E-state index in [2.05, 4.69) is 5.10 Å². The molecule has 0 N–H and O–H groups in total. The number of fused-ring (bicyclic) bond motifs is 1. The molecule has 1 aromatic carbocycles. The summed E-state index contributed by atoms with van der Waals surface area (Å²) in [4.78, 5) is 15.1. The summed E-state index contributed by atoms with van der Waals surface area (Å²) in [7, 11) is 1.88. The van der Waals surface area contributed by atoms with E-state index in [-0.39, 0.29) is 17.6 Å². The van der Waals surface area contributed by atoms with Crippen molar-refractivity contribution >= 4 is 5.91 Å². The van der Waals surface area contributed by atoms with Gasteiger partial charge in [0, 0.05) is 31.6 Å². The predicted octanol–water partition coefficient (Wildman–Crippen LogP) is 3.37. The van der Waals surface area contributed by atoms with E-state index >= 15 is 0 Å². The number of likely N-dealkylation sites (tertiary alicyclic amines) is 1. The molecule has 0 unspecified atom stereocenters. The number of nitrogens with zero attached hydrogens (tertiary/aromatic N) is 3. The quantitative estimate of drug-likeness (QED) is 0.828. The van der Waals surface area contributed by atoms with Gasteiger partial charge in [-0.15, -0.1) is 0 Å². The zero-order chi connectivity index (χ0) is 18.8. The summed E-state index contributed by atoms with van der Waals surface area (Å²) < 4.78 is 20.6. The molecule has 1 aliphatic carbocycles. The van der Waals surface area contributed by atoms with Crippen LogP contribution in [-0.4, -0.2) is 40.3 Å². The van der Waals surface area contributed by atoms with Crippen LogP contribution in [0.25, 0.3) is 0 Å². The van der Waals surface area contributed by atoms with Crippen LogP contribution >= 0.6 is 0 Å². The Morgan fingerprint density at radius 3 is 2.81 bits per heavy atom. The molecule has 1 amide bonds. The number of carbonyl (C=O) groups is 1. The number of hydrogen-bond acceptors (Lipinski definition) is 3. The molecule has 4 rings (SSSR count). The number of aryl methyl sites for hydroxylation is 2. The Morgan fingerprint density at radius 2 is 2.00 bits per heavy atom. The first-order valence-electron chi connectivity index (χ1n) is 9.84. The van der Waals surface area contributed by atoms with Crippen LogP contribution in [0, 0.1) is 11.7 Å². The summed E-state index contributed by atoms with van der Waals surface area (Å²) in [6, 6.07) is 6.08. The molecule has 1 aromatic heterocycles. The minimum atomic E-state index is -0.267. The third-order valence-electron chi connectivity index (χ3n) is 5.63. The maximum atomic E-state index is 13.2. The molecule has 6 heteroatoms. The summed E-state index contributed by atoms with van der Waals surface area (Å²) in [5.41, 5.74) is 3.02. The van der Waals surface area contributed by atoms with Gasteiger partial charge in [0.05, 0.1) is 12.3 Å². The normalized spacial score (nSPS) is 19.6. The maximum absolute atomic E-state index is 13.2. The summed E-state index contributed by atoms with van der Waals surface area (Å²) >= 11 is 0. The molecule has 144 valence electrons. The van der Waals surface area contributed by atoms with E-state index in [4.69, 9.17) is 4.74 Å². The van der Waals surface area contributed by atoms with Gasteiger partial charge in [-0.1, -0.05) is 0 Å². The predicted molar refractivity (Wildman–Crippen MR) is 100 cm³/mol. The summed E-state index contributed by atoms with van der Waals surface area (Å²) in [5.74, 6) is 0.785. The van der Waals surface area contributed by atoms with Gasteiger partial charge in [0.15, 0.2) is 0 Å². The SMILES string of the molecule is Cn1nc2c(c1C(=O)N1CCC[C@@H](COc3ccc(F)cc3)C1)CCCC2.